The Balaban J connectivity index is 2.21. The summed E-state index contributed by atoms with van der Waals surface area (Å²) in [4.78, 5) is 5.87. The third kappa shape index (κ3) is 2.01. The number of methoxy groups -OCH3 is 1. The number of hydrogen-bond donors (Lipinski definition) is 1. The Morgan fingerprint density at radius 3 is 3.12 bits per heavy atom. The first-order chi connectivity index (χ1) is 7.76. The summed E-state index contributed by atoms with van der Waals surface area (Å²) in [5.41, 5.74) is 0.283. The van der Waals surface area contributed by atoms with Gasteiger partial charge in [0.1, 0.15) is 0 Å². The number of hydrogen-bond acceptors (Lipinski definition) is 4. The zero-order chi connectivity index (χ0) is 11.5. The number of pyridine rings is 1. The van der Waals surface area contributed by atoms with Gasteiger partial charge in [0, 0.05) is 32.0 Å². The molecule has 1 saturated heterocycles. The second kappa shape index (κ2) is 4.76. The van der Waals surface area contributed by atoms with Gasteiger partial charge in [-0.15, -0.1) is 0 Å². The zero-order valence-corrected chi connectivity index (χ0v) is 9.19. The van der Waals surface area contributed by atoms with E-state index in [0.29, 0.717) is 12.4 Å². The highest BCUT2D eigenvalue weighted by atomic mass is 19.1. The van der Waals surface area contributed by atoms with Crippen LogP contribution in [0.4, 0.5) is 10.2 Å². The van der Waals surface area contributed by atoms with Crippen LogP contribution in [-0.4, -0.2) is 36.4 Å². The van der Waals surface area contributed by atoms with Crippen LogP contribution >= 0.6 is 0 Å². The van der Waals surface area contributed by atoms with Crippen molar-refractivity contribution in [3.05, 3.63) is 23.6 Å². The summed E-state index contributed by atoms with van der Waals surface area (Å²) in [5, 5.41) is 8.97. The molecule has 0 radical (unpaired) electrons. The Morgan fingerprint density at radius 1 is 1.69 bits per heavy atom. The highest BCUT2D eigenvalue weighted by Crippen LogP contribution is 2.24. The molecule has 1 unspecified atom stereocenters. The predicted molar refractivity (Wildman–Crippen MR) is 57.7 cm³/mol. The van der Waals surface area contributed by atoms with Crippen molar-refractivity contribution in [3.8, 4) is 0 Å². The first-order valence-electron chi connectivity index (χ1n) is 5.28. The Hall–Kier alpha value is -1.20. The van der Waals surface area contributed by atoms with Crippen LogP contribution in [0.15, 0.2) is 12.3 Å². The van der Waals surface area contributed by atoms with Crippen molar-refractivity contribution in [2.75, 3.05) is 25.1 Å². The number of halogens is 1. The number of anilines is 1. The highest BCUT2D eigenvalue weighted by Gasteiger charge is 2.25. The summed E-state index contributed by atoms with van der Waals surface area (Å²) in [6.07, 6.45) is 2.53. The van der Waals surface area contributed by atoms with Gasteiger partial charge < -0.3 is 14.7 Å². The van der Waals surface area contributed by atoms with E-state index in [1.165, 1.54) is 12.3 Å². The maximum Gasteiger partial charge on any atom is 0.171 e. The molecule has 0 aliphatic carbocycles. The molecule has 16 heavy (non-hydrogen) atoms. The molecule has 1 fully saturated rings. The number of ether oxygens (including phenoxy) is 1. The first kappa shape index (κ1) is 11.3. The fraction of sp³-hybridized carbons (Fsp3) is 0.545. The summed E-state index contributed by atoms with van der Waals surface area (Å²) in [7, 11) is 1.65. The Morgan fingerprint density at radius 2 is 2.50 bits per heavy atom. The molecule has 0 spiro atoms. The maximum absolute atomic E-state index is 13.9. The van der Waals surface area contributed by atoms with Gasteiger partial charge in [0.15, 0.2) is 11.6 Å². The van der Waals surface area contributed by atoms with Crippen LogP contribution in [0.5, 0.6) is 0 Å². The van der Waals surface area contributed by atoms with Gasteiger partial charge in [0.2, 0.25) is 0 Å². The summed E-state index contributed by atoms with van der Waals surface area (Å²) < 4.78 is 19.1. The minimum atomic E-state index is -0.429. The van der Waals surface area contributed by atoms with Crippen LogP contribution in [0.2, 0.25) is 0 Å². The Labute approximate surface area is 93.7 Å². The molecule has 1 aromatic rings. The average Bonchev–Trinajstić information content (AvgIpc) is 2.78. The van der Waals surface area contributed by atoms with Crippen molar-refractivity contribution in [2.45, 2.75) is 19.1 Å². The summed E-state index contributed by atoms with van der Waals surface area (Å²) in [6, 6.07) is 1.49. The predicted octanol–water partition coefficient (Wildman–Crippen LogP) is 0.938. The van der Waals surface area contributed by atoms with E-state index in [-0.39, 0.29) is 18.3 Å². The normalized spacial score (nSPS) is 20.4. The zero-order valence-electron chi connectivity index (χ0n) is 9.19. The van der Waals surface area contributed by atoms with Crippen molar-refractivity contribution < 1.29 is 14.2 Å². The molecule has 1 atom stereocenters. The van der Waals surface area contributed by atoms with Crippen molar-refractivity contribution in [1.82, 2.24) is 4.98 Å². The fourth-order valence-electron chi connectivity index (χ4n) is 1.93. The molecule has 4 nitrogen and oxygen atoms in total. The number of rotatable bonds is 3. The topological polar surface area (TPSA) is 45.6 Å². The molecule has 1 aromatic heterocycles. The number of nitrogens with zero attached hydrogens (tertiary/aromatic N) is 2. The van der Waals surface area contributed by atoms with Gasteiger partial charge in [0.05, 0.1) is 12.7 Å². The van der Waals surface area contributed by atoms with E-state index in [9.17, 15) is 4.39 Å². The van der Waals surface area contributed by atoms with E-state index in [0.717, 1.165) is 13.0 Å². The smallest absolute Gasteiger partial charge is 0.171 e. The lowest BCUT2D eigenvalue weighted by Crippen LogP contribution is -2.24. The largest absolute Gasteiger partial charge is 0.392 e. The summed E-state index contributed by atoms with van der Waals surface area (Å²) in [5.74, 6) is -0.118. The third-order valence-electron chi connectivity index (χ3n) is 2.90. The number of aromatic nitrogens is 1. The van der Waals surface area contributed by atoms with Crippen molar-refractivity contribution in [3.63, 3.8) is 0 Å². The molecule has 0 amide bonds. The summed E-state index contributed by atoms with van der Waals surface area (Å²) in [6.45, 7) is 1.08. The molecule has 0 bridgehead atoms. The second-order valence-corrected chi connectivity index (χ2v) is 3.86. The van der Waals surface area contributed by atoms with E-state index in [1.54, 1.807) is 7.11 Å². The molecule has 2 rings (SSSR count). The van der Waals surface area contributed by atoms with Gasteiger partial charge >= 0.3 is 0 Å². The summed E-state index contributed by atoms with van der Waals surface area (Å²) >= 11 is 0. The lowest BCUT2D eigenvalue weighted by atomic mass is 10.2. The van der Waals surface area contributed by atoms with Gasteiger partial charge in [-0.1, -0.05) is 0 Å². The number of aliphatic hydroxyl groups is 1. The van der Waals surface area contributed by atoms with Crippen LogP contribution in [0.1, 0.15) is 12.0 Å². The van der Waals surface area contributed by atoms with Crippen LogP contribution < -0.4 is 4.90 Å². The molecule has 0 saturated carbocycles. The van der Waals surface area contributed by atoms with E-state index < -0.39 is 5.82 Å². The van der Waals surface area contributed by atoms with Crippen LogP contribution in [0.25, 0.3) is 0 Å². The van der Waals surface area contributed by atoms with E-state index in [1.807, 2.05) is 4.90 Å². The fourth-order valence-corrected chi connectivity index (χ4v) is 1.93. The number of aliphatic hydroxyl groups excluding tert-OH is 1. The van der Waals surface area contributed by atoms with Crippen molar-refractivity contribution in [2.24, 2.45) is 0 Å². The second-order valence-electron chi connectivity index (χ2n) is 3.86. The lowest BCUT2D eigenvalue weighted by Gasteiger charge is -2.18. The standard InChI is InChI=1S/C11H15FN2O2/c1-16-9-3-5-14(6-9)11-10(12)8(7-15)2-4-13-11/h2,4,9,15H,3,5-7H2,1H3. The molecule has 1 aliphatic rings. The Bertz CT molecular complexity index is 373. The van der Waals surface area contributed by atoms with Gasteiger partial charge in [0.25, 0.3) is 0 Å². The van der Waals surface area contributed by atoms with Gasteiger partial charge in [-0.3, -0.25) is 0 Å². The van der Waals surface area contributed by atoms with Crippen molar-refractivity contribution >= 4 is 5.82 Å². The van der Waals surface area contributed by atoms with Gasteiger partial charge in [-0.25, -0.2) is 9.37 Å². The van der Waals surface area contributed by atoms with Crippen LogP contribution in [0, 0.1) is 5.82 Å². The SMILES string of the molecule is COC1CCN(c2nccc(CO)c2F)C1. The molecule has 2 heterocycles. The molecule has 88 valence electrons. The van der Waals surface area contributed by atoms with Crippen molar-refractivity contribution in [1.29, 1.82) is 0 Å². The highest BCUT2D eigenvalue weighted by molar-refractivity contribution is 5.44. The first-order valence-corrected chi connectivity index (χ1v) is 5.28. The van der Waals surface area contributed by atoms with Crippen LogP contribution in [-0.2, 0) is 11.3 Å². The average molecular weight is 226 g/mol. The minimum absolute atomic E-state index is 0.138. The molecular formula is C11H15FN2O2. The monoisotopic (exact) mass is 226 g/mol. The molecule has 0 aromatic carbocycles. The maximum atomic E-state index is 13.9. The van der Waals surface area contributed by atoms with E-state index in [2.05, 4.69) is 4.98 Å². The minimum Gasteiger partial charge on any atom is -0.392 e. The van der Waals surface area contributed by atoms with Gasteiger partial charge in [-0.05, 0) is 12.5 Å². The molecule has 1 aliphatic heterocycles. The van der Waals surface area contributed by atoms with Gasteiger partial charge in [-0.2, -0.15) is 0 Å². The lowest BCUT2D eigenvalue weighted by molar-refractivity contribution is 0.121. The van der Waals surface area contributed by atoms with E-state index in [4.69, 9.17) is 9.84 Å². The van der Waals surface area contributed by atoms with E-state index >= 15 is 0 Å². The molecule has 5 heteroatoms. The van der Waals surface area contributed by atoms with Crippen LogP contribution in [0.3, 0.4) is 0 Å². The Kier molecular flexibility index (Phi) is 3.36. The molecular weight excluding hydrogens is 211 g/mol. The quantitative estimate of drug-likeness (QED) is 0.833. The third-order valence-corrected chi connectivity index (χ3v) is 2.90. The molecule has 1 N–H and O–H groups in total.